The van der Waals surface area contributed by atoms with Crippen LogP contribution in [-0.4, -0.2) is 4.57 Å². The van der Waals surface area contributed by atoms with E-state index in [9.17, 15) is 0 Å². The molecule has 0 amide bonds. The number of benzene rings is 2. The minimum absolute atomic E-state index is 1.18. The molecule has 92 valence electrons. The van der Waals surface area contributed by atoms with Crippen LogP contribution in [0.25, 0.3) is 11.8 Å². The average molecular weight is 245 g/mol. The number of rotatable bonds is 3. The molecule has 19 heavy (non-hydrogen) atoms. The Morgan fingerprint density at radius 3 is 1.89 bits per heavy atom. The lowest BCUT2D eigenvalue weighted by molar-refractivity contribution is 1.12. The van der Waals surface area contributed by atoms with Gasteiger partial charge in [-0.3, -0.25) is 0 Å². The maximum absolute atomic E-state index is 2.20. The van der Waals surface area contributed by atoms with Crippen molar-refractivity contribution in [2.45, 2.75) is 0 Å². The van der Waals surface area contributed by atoms with Crippen LogP contribution in [0.15, 0.2) is 85.2 Å². The van der Waals surface area contributed by atoms with E-state index in [0.717, 1.165) is 0 Å². The largest absolute Gasteiger partial charge is 0.323 e. The summed E-state index contributed by atoms with van der Waals surface area (Å²) in [6, 6.07) is 24.9. The second kappa shape index (κ2) is 5.40. The first-order valence-electron chi connectivity index (χ1n) is 6.39. The molecule has 3 aromatic rings. The SMILES string of the molecule is C(=C(\c1ccccc1)n1cccc1)/c1ccccc1. The van der Waals surface area contributed by atoms with E-state index in [4.69, 9.17) is 0 Å². The van der Waals surface area contributed by atoms with Crippen molar-refractivity contribution in [1.29, 1.82) is 0 Å². The van der Waals surface area contributed by atoms with Crippen molar-refractivity contribution in [3.05, 3.63) is 96.3 Å². The molecule has 3 rings (SSSR count). The summed E-state index contributed by atoms with van der Waals surface area (Å²) in [6.45, 7) is 0. The molecule has 0 saturated heterocycles. The lowest BCUT2D eigenvalue weighted by atomic mass is 10.1. The molecule has 0 N–H and O–H groups in total. The first-order valence-corrected chi connectivity index (χ1v) is 6.39. The molecule has 0 saturated carbocycles. The van der Waals surface area contributed by atoms with Crippen LogP contribution >= 0.6 is 0 Å². The Labute approximate surface area is 113 Å². The summed E-state index contributed by atoms with van der Waals surface area (Å²) in [5.41, 5.74) is 3.59. The summed E-state index contributed by atoms with van der Waals surface area (Å²) in [5.74, 6) is 0. The van der Waals surface area contributed by atoms with E-state index in [0.29, 0.717) is 0 Å². The molecule has 1 heterocycles. The van der Waals surface area contributed by atoms with Crippen LogP contribution in [0, 0.1) is 0 Å². The third kappa shape index (κ3) is 2.66. The Kier molecular flexibility index (Phi) is 3.28. The summed E-state index contributed by atoms with van der Waals surface area (Å²) >= 11 is 0. The number of hydrogen-bond donors (Lipinski definition) is 0. The molecular weight excluding hydrogens is 230 g/mol. The topological polar surface area (TPSA) is 4.93 Å². The molecule has 0 unspecified atom stereocenters. The van der Waals surface area contributed by atoms with Gasteiger partial charge in [-0.05, 0) is 29.3 Å². The first-order chi connectivity index (χ1) is 9.43. The Hall–Kier alpha value is -2.54. The fourth-order valence-corrected chi connectivity index (χ4v) is 2.12. The Morgan fingerprint density at radius 1 is 0.684 bits per heavy atom. The molecule has 0 aliphatic rings. The quantitative estimate of drug-likeness (QED) is 0.597. The highest BCUT2D eigenvalue weighted by Gasteiger charge is 2.02. The molecule has 2 aromatic carbocycles. The van der Waals surface area contributed by atoms with E-state index in [1.54, 1.807) is 0 Å². The van der Waals surface area contributed by atoms with Crippen LogP contribution in [-0.2, 0) is 0 Å². The van der Waals surface area contributed by atoms with Crippen molar-refractivity contribution in [2.75, 3.05) is 0 Å². The number of nitrogens with zero attached hydrogens (tertiary/aromatic N) is 1. The van der Waals surface area contributed by atoms with Gasteiger partial charge < -0.3 is 4.57 Å². The number of hydrogen-bond acceptors (Lipinski definition) is 0. The second-order valence-corrected chi connectivity index (χ2v) is 4.40. The Morgan fingerprint density at radius 2 is 1.26 bits per heavy atom. The van der Waals surface area contributed by atoms with E-state index in [2.05, 4.69) is 71.6 Å². The minimum atomic E-state index is 1.18. The maximum atomic E-state index is 2.20. The summed E-state index contributed by atoms with van der Waals surface area (Å²) in [4.78, 5) is 0. The van der Waals surface area contributed by atoms with Gasteiger partial charge in [0.05, 0.1) is 5.70 Å². The van der Waals surface area contributed by atoms with Crippen LogP contribution in [0.3, 0.4) is 0 Å². The summed E-state index contributed by atoms with van der Waals surface area (Å²) in [7, 11) is 0. The smallest absolute Gasteiger partial charge is 0.0527 e. The van der Waals surface area contributed by atoms with Crippen LogP contribution in [0.1, 0.15) is 11.1 Å². The van der Waals surface area contributed by atoms with Gasteiger partial charge in [0.2, 0.25) is 0 Å². The lowest BCUT2D eigenvalue weighted by Crippen LogP contribution is -1.95. The standard InChI is InChI=1S/C18H15N/c1-3-9-16(10-4-1)15-18(19-13-7-8-14-19)17-11-5-2-6-12-17/h1-15H/b18-15-. The van der Waals surface area contributed by atoms with Gasteiger partial charge in [-0.1, -0.05) is 60.7 Å². The van der Waals surface area contributed by atoms with E-state index in [-0.39, 0.29) is 0 Å². The Bertz CT molecular complexity index is 649. The van der Waals surface area contributed by atoms with Gasteiger partial charge in [0.15, 0.2) is 0 Å². The zero-order chi connectivity index (χ0) is 12.9. The molecule has 1 heteroatoms. The predicted octanol–water partition coefficient (Wildman–Crippen LogP) is 4.53. The summed E-state index contributed by atoms with van der Waals surface area (Å²) < 4.78 is 2.14. The van der Waals surface area contributed by atoms with Crippen molar-refractivity contribution in [3.8, 4) is 0 Å². The van der Waals surface area contributed by atoms with Gasteiger partial charge >= 0.3 is 0 Å². The Balaban J connectivity index is 2.10. The second-order valence-electron chi connectivity index (χ2n) is 4.40. The molecular formula is C18H15N. The molecule has 0 bridgehead atoms. The van der Waals surface area contributed by atoms with Gasteiger partial charge in [-0.15, -0.1) is 0 Å². The zero-order valence-corrected chi connectivity index (χ0v) is 10.6. The third-order valence-corrected chi connectivity index (χ3v) is 3.06. The summed E-state index contributed by atoms with van der Waals surface area (Å²) in [5, 5.41) is 0. The van der Waals surface area contributed by atoms with Crippen LogP contribution in [0.2, 0.25) is 0 Å². The van der Waals surface area contributed by atoms with E-state index < -0.39 is 0 Å². The van der Waals surface area contributed by atoms with Crippen molar-refractivity contribution in [1.82, 2.24) is 4.57 Å². The predicted molar refractivity (Wildman–Crippen MR) is 80.6 cm³/mol. The van der Waals surface area contributed by atoms with Gasteiger partial charge in [0.1, 0.15) is 0 Å². The molecule has 0 radical (unpaired) electrons. The highest BCUT2D eigenvalue weighted by atomic mass is 14.9. The van der Waals surface area contributed by atoms with Crippen molar-refractivity contribution < 1.29 is 0 Å². The summed E-state index contributed by atoms with van der Waals surface area (Å²) in [6.07, 6.45) is 6.35. The van der Waals surface area contributed by atoms with Gasteiger partial charge in [0, 0.05) is 12.4 Å². The normalized spacial score (nSPS) is 11.5. The van der Waals surface area contributed by atoms with Crippen LogP contribution < -0.4 is 0 Å². The van der Waals surface area contributed by atoms with Gasteiger partial charge in [0.25, 0.3) is 0 Å². The highest BCUT2D eigenvalue weighted by Crippen LogP contribution is 2.20. The minimum Gasteiger partial charge on any atom is -0.323 e. The highest BCUT2D eigenvalue weighted by molar-refractivity contribution is 5.81. The number of aromatic nitrogens is 1. The molecule has 0 aliphatic heterocycles. The lowest BCUT2D eigenvalue weighted by Gasteiger charge is -2.10. The third-order valence-electron chi connectivity index (χ3n) is 3.06. The van der Waals surface area contributed by atoms with Crippen molar-refractivity contribution >= 4 is 11.8 Å². The van der Waals surface area contributed by atoms with E-state index in [1.807, 2.05) is 24.3 Å². The van der Waals surface area contributed by atoms with E-state index in [1.165, 1.54) is 16.8 Å². The first kappa shape index (κ1) is 11.5. The van der Waals surface area contributed by atoms with Gasteiger partial charge in [-0.2, -0.15) is 0 Å². The monoisotopic (exact) mass is 245 g/mol. The fourth-order valence-electron chi connectivity index (χ4n) is 2.12. The molecule has 0 spiro atoms. The molecule has 0 atom stereocenters. The fraction of sp³-hybridized carbons (Fsp3) is 0. The van der Waals surface area contributed by atoms with Crippen LogP contribution in [0.4, 0.5) is 0 Å². The molecule has 1 aromatic heterocycles. The zero-order valence-electron chi connectivity index (χ0n) is 10.6. The molecule has 1 nitrogen and oxygen atoms in total. The molecule has 0 fully saturated rings. The van der Waals surface area contributed by atoms with E-state index >= 15 is 0 Å². The van der Waals surface area contributed by atoms with Crippen molar-refractivity contribution in [3.63, 3.8) is 0 Å². The molecule has 0 aliphatic carbocycles. The maximum Gasteiger partial charge on any atom is 0.0527 e. The average Bonchev–Trinajstić information content (AvgIpc) is 3.01. The van der Waals surface area contributed by atoms with Crippen molar-refractivity contribution in [2.24, 2.45) is 0 Å². The van der Waals surface area contributed by atoms with Crippen LogP contribution in [0.5, 0.6) is 0 Å². The van der Waals surface area contributed by atoms with Gasteiger partial charge in [-0.25, -0.2) is 0 Å².